The second-order valence-electron chi connectivity index (χ2n) is 5.80. The van der Waals surface area contributed by atoms with Gasteiger partial charge in [0, 0.05) is 0 Å². The molecular weight excluding hydrogens is 431 g/mol. The first-order valence-electron chi connectivity index (χ1n) is 8.90. The summed E-state index contributed by atoms with van der Waals surface area (Å²) in [4.78, 5) is 21.6. The van der Waals surface area contributed by atoms with Gasteiger partial charge in [0.05, 0.1) is 0 Å². The monoisotopic (exact) mass is 466 g/mol. The Hall–Kier alpha value is 1.46. The Labute approximate surface area is 157 Å². The zero-order valence-electron chi connectivity index (χ0n) is 14.6. The predicted octanol–water partition coefficient (Wildman–Crippen LogP) is 5.70. The van der Waals surface area contributed by atoms with Gasteiger partial charge in [-0.2, -0.15) is 0 Å². The summed E-state index contributed by atoms with van der Waals surface area (Å²) in [5, 5.41) is 0. The van der Waals surface area contributed by atoms with Gasteiger partial charge in [0.25, 0.3) is 0 Å². The molecule has 0 fully saturated rings. The molecule has 0 rings (SSSR count). The third-order valence-corrected chi connectivity index (χ3v) is 7.95. The van der Waals surface area contributed by atoms with Crippen molar-refractivity contribution in [3.8, 4) is 0 Å². The largest absolute Gasteiger partial charge is 0.466 e. The summed E-state index contributed by atoms with van der Waals surface area (Å²) in [6.45, 7) is 4.60. The van der Waals surface area contributed by atoms with Gasteiger partial charge in [-0.3, -0.25) is 0 Å². The van der Waals surface area contributed by atoms with Crippen LogP contribution < -0.4 is 0 Å². The summed E-state index contributed by atoms with van der Waals surface area (Å²) in [5.41, 5.74) is 0. The predicted molar refractivity (Wildman–Crippen MR) is 90.6 cm³/mol. The second-order valence-corrected chi connectivity index (χ2v) is 11.6. The molecule has 0 aliphatic rings. The van der Waals surface area contributed by atoms with Gasteiger partial charge in [-0.05, 0) is 0 Å². The molecule has 0 saturated carbocycles. The van der Waals surface area contributed by atoms with Gasteiger partial charge in [-0.15, -0.1) is 0 Å². The Bertz CT molecular complexity index is 224. The van der Waals surface area contributed by atoms with Crippen molar-refractivity contribution >= 4 is 7.82 Å². The van der Waals surface area contributed by atoms with Crippen LogP contribution in [0.3, 0.4) is 0 Å². The summed E-state index contributed by atoms with van der Waals surface area (Å²) in [6, 6.07) is 0. The SMILES string of the molecule is CCCCCCC[CH2][Nd][CH2]CCCCCCC.O=P(O)(O)O. The molecule has 0 aliphatic heterocycles. The van der Waals surface area contributed by atoms with Gasteiger partial charge < -0.3 is 14.7 Å². The van der Waals surface area contributed by atoms with Gasteiger partial charge in [-0.1, -0.05) is 0 Å². The van der Waals surface area contributed by atoms with Crippen LogP contribution in [0.2, 0.25) is 4.14 Å². The first kappa shape index (κ1) is 25.7. The molecule has 4 nitrogen and oxygen atoms in total. The maximum atomic E-state index is 8.88. The van der Waals surface area contributed by atoms with E-state index in [-0.39, 0.29) is 36.7 Å². The smallest absolute Gasteiger partial charge is 0.303 e. The second kappa shape index (κ2) is 20.5. The summed E-state index contributed by atoms with van der Waals surface area (Å²) in [7, 11) is -4.64. The van der Waals surface area contributed by atoms with Crippen molar-refractivity contribution in [1.29, 1.82) is 0 Å². The van der Waals surface area contributed by atoms with Crippen LogP contribution >= 0.6 is 7.82 Å². The molecule has 0 bridgehead atoms. The van der Waals surface area contributed by atoms with Crippen LogP contribution in [0.15, 0.2) is 0 Å². The fraction of sp³-hybridized carbons (Fsp3) is 1.00. The first-order chi connectivity index (χ1) is 10.4. The van der Waals surface area contributed by atoms with Gasteiger partial charge in [0.2, 0.25) is 0 Å². The molecule has 0 radical (unpaired) electrons. The van der Waals surface area contributed by atoms with E-state index in [0.717, 1.165) is 0 Å². The molecular formula is C16H37NdO4P. The first-order valence-corrected chi connectivity index (χ1v) is 15.0. The molecule has 0 aliphatic carbocycles. The third kappa shape index (κ3) is 37.6. The number of phosphoric acid groups is 1. The molecule has 3 N–H and O–H groups in total. The maximum Gasteiger partial charge on any atom is 0.466 e. The topological polar surface area (TPSA) is 77.8 Å². The summed E-state index contributed by atoms with van der Waals surface area (Å²) in [5.74, 6) is 0. The van der Waals surface area contributed by atoms with Gasteiger partial charge in [0.1, 0.15) is 0 Å². The van der Waals surface area contributed by atoms with Crippen molar-refractivity contribution in [2.24, 2.45) is 0 Å². The van der Waals surface area contributed by atoms with Crippen LogP contribution in [0, 0.1) is 36.7 Å². The Morgan fingerprint density at radius 1 is 0.636 bits per heavy atom. The molecule has 0 amide bonds. The Morgan fingerprint density at radius 2 is 0.909 bits per heavy atom. The summed E-state index contributed by atoms with van der Waals surface area (Å²) in [6.07, 6.45) is 17.9. The number of rotatable bonds is 14. The average Bonchev–Trinajstić information content (AvgIpc) is 2.42. The zero-order chi connectivity index (χ0) is 17.1. The fourth-order valence-corrected chi connectivity index (χ4v) is 6.20. The minimum atomic E-state index is -4.64. The van der Waals surface area contributed by atoms with Crippen molar-refractivity contribution in [2.45, 2.75) is 95.0 Å². The van der Waals surface area contributed by atoms with Crippen molar-refractivity contribution < 1.29 is 56.0 Å². The van der Waals surface area contributed by atoms with E-state index in [1.165, 1.54) is 64.2 Å². The van der Waals surface area contributed by atoms with Crippen molar-refractivity contribution in [3.63, 3.8) is 0 Å². The van der Waals surface area contributed by atoms with Crippen molar-refractivity contribution in [1.82, 2.24) is 0 Å². The van der Waals surface area contributed by atoms with E-state index in [0.29, 0.717) is 0 Å². The molecule has 0 aromatic carbocycles. The molecule has 0 aromatic rings. The number of unbranched alkanes of at least 4 members (excludes halogenated alkanes) is 10. The van der Waals surface area contributed by atoms with Crippen LogP contribution in [0.5, 0.6) is 0 Å². The van der Waals surface area contributed by atoms with Gasteiger partial charge in [0.15, 0.2) is 0 Å². The van der Waals surface area contributed by atoms with Gasteiger partial charge in [-0.25, -0.2) is 4.57 Å². The van der Waals surface area contributed by atoms with Crippen molar-refractivity contribution in [2.75, 3.05) is 0 Å². The van der Waals surface area contributed by atoms with E-state index in [1.54, 1.807) is 17.0 Å². The van der Waals surface area contributed by atoms with E-state index < -0.39 is 7.82 Å². The third-order valence-electron chi connectivity index (χ3n) is 3.41. The molecule has 0 aromatic heterocycles. The molecule has 0 saturated heterocycles. The number of hydrogen-bond acceptors (Lipinski definition) is 1. The average molecular weight is 469 g/mol. The minimum absolute atomic E-state index is 0.130. The molecule has 0 unspecified atom stereocenters. The van der Waals surface area contributed by atoms with Gasteiger partial charge >= 0.3 is 140 Å². The molecule has 0 atom stereocenters. The maximum absolute atomic E-state index is 8.88. The van der Waals surface area contributed by atoms with E-state index in [4.69, 9.17) is 19.2 Å². The Balaban J connectivity index is 0. The van der Waals surface area contributed by atoms with E-state index in [9.17, 15) is 0 Å². The van der Waals surface area contributed by atoms with Crippen LogP contribution in [0.25, 0.3) is 0 Å². The fourth-order valence-electron chi connectivity index (χ4n) is 2.19. The minimum Gasteiger partial charge on any atom is -0.303 e. The molecule has 6 heteroatoms. The molecule has 22 heavy (non-hydrogen) atoms. The molecule has 0 spiro atoms. The number of hydrogen-bond donors (Lipinski definition) is 3. The zero-order valence-corrected chi connectivity index (χ0v) is 18.7. The molecule has 134 valence electrons. The van der Waals surface area contributed by atoms with Crippen LogP contribution in [-0.4, -0.2) is 14.7 Å². The summed E-state index contributed by atoms with van der Waals surface area (Å²) >= 11 is -0.130. The Morgan fingerprint density at radius 3 is 1.23 bits per heavy atom. The van der Waals surface area contributed by atoms with Crippen LogP contribution in [0.4, 0.5) is 0 Å². The summed E-state index contributed by atoms with van der Waals surface area (Å²) < 4.78 is 12.2. The van der Waals surface area contributed by atoms with Crippen LogP contribution in [0.1, 0.15) is 90.9 Å². The standard InChI is InChI=1S/2C8H17.Nd.H3O4P/c2*1-3-5-7-8-6-4-2;;1-5(2,3)4/h2*1,3-8H2,2H3;;(H3,1,2,3,4). The van der Waals surface area contributed by atoms with Crippen LogP contribution in [-0.2, 0) is 4.57 Å². The van der Waals surface area contributed by atoms with E-state index >= 15 is 0 Å². The molecule has 0 heterocycles. The van der Waals surface area contributed by atoms with E-state index in [1.807, 2.05) is 0 Å². The quantitative estimate of drug-likeness (QED) is 0.226. The van der Waals surface area contributed by atoms with E-state index in [2.05, 4.69) is 13.8 Å². The Kier molecular flexibility index (Phi) is 24.0. The van der Waals surface area contributed by atoms with Crippen molar-refractivity contribution in [3.05, 3.63) is 0 Å². The normalized spacial score (nSPS) is 11.0.